The van der Waals surface area contributed by atoms with Gasteiger partial charge in [-0.05, 0) is 42.5 Å². The fourth-order valence-electron chi connectivity index (χ4n) is 3.29. The Labute approximate surface area is 128 Å². The summed E-state index contributed by atoms with van der Waals surface area (Å²) in [5.41, 5.74) is 7.64. The van der Waals surface area contributed by atoms with E-state index in [1.807, 2.05) is 6.07 Å². The largest absolute Gasteiger partial charge is 0.493 e. The molecule has 4 nitrogen and oxygen atoms in total. The number of hydrogen-bond donors (Lipinski definition) is 1. The zero-order chi connectivity index (χ0) is 15.5. The third-order valence-corrected chi connectivity index (χ3v) is 4.39. The molecule has 0 spiro atoms. The number of piperidine rings is 1. The number of nitrogens with two attached hydrogens (primary N) is 1. The molecule has 1 atom stereocenters. The van der Waals surface area contributed by atoms with Crippen LogP contribution >= 0.6 is 0 Å². The van der Waals surface area contributed by atoms with Gasteiger partial charge >= 0.3 is 0 Å². The molecule has 1 heterocycles. The van der Waals surface area contributed by atoms with Crippen molar-refractivity contribution in [1.29, 1.82) is 0 Å². The Morgan fingerprint density at radius 3 is 2.52 bits per heavy atom. The molecule has 118 valence electrons. The first kappa shape index (κ1) is 16.1. The second kappa shape index (κ2) is 6.67. The van der Waals surface area contributed by atoms with Gasteiger partial charge in [-0.25, -0.2) is 0 Å². The smallest absolute Gasteiger partial charge is 0.161 e. The van der Waals surface area contributed by atoms with Crippen molar-refractivity contribution < 1.29 is 9.47 Å². The van der Waals surface area contributed by atoms with Gasteiger partial charge in [-0.2, -0.15) is 0 Å². The summed E-state index contributed by atoms with van der Waals surface area (Å²) in [7, 11) is 3.33. The van der Waals surface area contributed by atoms with Gasteiger partial charge in [-0.15, -0.1) is 0 Å². The number of methoxy groups -OCH3 is 2. The third kappa shape index (κ3) is 3.69. The van der Waals surface area contributed by atoms with E-state index in [0.717, 1.165) is 24.6 Å². The lowest BCUT2D eigenvalue weighted by molar-refractivity contribution is 0.0806. The van der Waals surface area contributed by atoms with Crippen molar-refractivity contribution in [2.24, 2.45) is 11.1 Å². The Bertz CT molecular complexity index is 474. The van der Waals surface area contributed by atoms with Gasteiger partial charge in [0.1, 0.15) is 0 Å². The molecular weight excluding hydrogens is 264 g/mol. The van der Waals surface area contributed by atoms with Crippen LogP contribution in [0.5, 0.6) is 11.5 Å². The Hall–Kier alpha value is -1.26. The molecule has 0 bridgehead atoms. The van der Waals surface area contributed by atoms with Crippen LogP contribution in [0.1, 0.15) is 38.3 Å². The van der Waals surface area contributed by atoms with E-state index < -0.39 is 0 Å². The zero-order valence-electron chi connectivity index (χ0n) is 13.7. The molecule has 1 unspecified atom stereocenters. The molecule has 1 aliphatic heterocycles. The molecule has 21 heavy (non-hydrogen) atoms. The molecule has 0 amide bonds. The highest BCUT2D eigenvalue weighted by Gasteiger charge is 2.30. The van der Waals surface area contributed by atoms with Gasteiger partial charge in [-0.1, -0.05) is 19.9 Å². The molecular formula is C17H28N2O2. The van der Waals surface area contributed by atoms with Gasteiger partial charge < -0.3 is 15.2 Å². The average Bonchev–Trinajstić information content (AvgIpc) is 2.47. The van der Waals surface area contributed by atoms with Crippen molar-refractivity contribution >= 4 is 0 Å². The minimum Gasteiger partial charge on any atom is -0.493 e. The number of ether oxygens (including phenoxy) is 2. The van der Waals surface area contributed by atoms with E-state index in [2.05, 4.69) is 30.9 Å². The summed E-state index contributed by atoms with van der Waals surface area (Å²) >= 11 is 0. The van der Waals surface area contributed by atoms with Gasteiger partial charge in [0.2, 0.25) is 0 Å². The van der Waals surface area contributed by atoms with E-state index in [1.54, 1.807) is 14.2 Å². The molecule has 1 aromatic rings. The molecule has 1 aromatic carbocycles. The highest BCUT2D eigenvalue weighted by molar-refractivity contribution is 5.44. The van der Waals surface area contributed by atoms with Crippen molar-refractivity contribution in [3.8, 4) is 11.5 Å². The maximum atomic E-state index is 6.07. The van der Waals surface area contributed by atoms with Crippen molar-refractivity contribution in [3.63, 3.8) is 0 Å². The second-order valence-electron chi connectivity index (χ2n) is 6.60. The molecule has 1 aliphatic rings. The van der Waals surface area contributed by atoms with Crippen LogP contribution in [0.2, 0.25) is 0 Å². The lowest BCUT2D eigenvalue weighted by Gasteiger charge is -2.42. The van der Waals surface area contributed by atoms with Crippen LogP contribution in [0.4, 0.5) is 0 Å². The maximum Gasteiger partial charge on any atom is 0.161 e. The van der Waals surface area contributed by atoms with Crippen LogP contribution in [0.25, 0.3) is 0 Å². The van der Waals surface area contributed by atoms with E-state index in [-0.39, 0.29) is 6.04 Å². The van der Waals surface area contributed by atoms with Gasteiger partial charge in [0, 0.05) is 19.1 Å². The van der Waals surface area contributed by atoms with Crippen LogP contribution < -0.4 is 15.2 Å². The number of likely N-dealkylation sites (tertiary alicyclic amines) is 1. The number of hydrogen-bond acceptors (Lipinski definition) is 4. The number of benzene rings is 1. The maximum absolute atomic E-state index is 6.07. The molecule has 0 radical (unpaired) electrons. The summed E-state index contributed by atoms with van der Waals surface area (Å²) in [5, 5.41) is 0. The number of nitrogens with zero attached hydrogens (tertiary/aromatic N) is 1. The fourth-order valence-corrected chi connectivity index (χ4v) is 3.29. The van der Waals surface area contributed by atoms with E-state index in [1.165, 1.54) is 18.4 Å². The Balaban J connectivity index is 2.24. The van der Waals surface area contributed by atoms with Gasteiger partial charge in [0.05, 0.1) is 14.2 Å². The third-order valence-electron chi connectivity index (χ3n) is 4.39. The zero-order valence-corrected chi connectivity index (χ0v) is 13.7. The quantitative estimate of drug-likeness (QED) is 0.906. The van der Waals surface area contributed by atoms with E-state index in [9.17, 15) is 0 Å². The van der Waals surface area contributed by atoms with Gasteiger partial charge in [-0.3, -0.25) is 4.90 Å². The molecule has 0 aliphatic carbocycles. The van der Waals surface area contributed by atoms with E-state index in [0.29, 0.717) is 12.0 Å². The lowest BCUT2D eigenvalue weighted by Crippen LogP contribution is -2.44. The van der Waals surface area contributed by atoms with Crippen LogP contribution in [-0.2, 0) is 0 Å². The minimum atomic E-state index is 0.240. The predicted octanol–water partition coefficient (Wildman–Crippen LogP) is 2.83. The van der Waals surface area contributed by atoms with Crippen molar-refractivity contribution in [1.82, 2.24) is 4.90 Å². The standard InChI is InChI=1S/C17H28N2O2/c1-17(2)8-5-9-19(12-17)14(11-18)13-6-7-15(20-3)16(10-13)21-4/h6-7,10,14H,5,8-9,11-12,18H2,1-4H3. The molecule has 4 heteroatoms. The summed E-state index contributed by atoms with van der Waals surface area (Å²) in [6.07, 6.45) is 2.52. The molecule has 1 saturated heterocycles. The summed E-state index contributed by atoms with van der Waals surface area (Å²) in [6.45, 7) is 7.48. The van der Waals surface area contributed by atoms with Crippen molar-refractivity contribution in [2.45, 2.75) is 32.7 Å². The first-order chi connectivity index (χ1) is 10.0. The molecule has 0 aromatic heterocycles. The topological polar surface area (TPSA) is 47.7 Å². The van der Waals surface area contributed by atoms with E-state index >= 15 is 0 Å². The van der Waals surface area contributed by atoms with Crippen LogP contribution in [0.15, 0.2) is 18.2 Å². The molecule has 2 N–H and O–H groups in total. The summed E-state index contributed by atoms with van der Waals surface area (Å²) in [4.78, 5) is 2.50. The fraction of sp³-hybridized carbons (Fsp3) is 0.647. The molecule has 2 rings (SSSR count). The van der Waals surface area contributed by atoms with E-state index in [4.69, 9.17) is 15.2 Å². The van der Waals surface area contributed by atoms with Crippen LogP contribution in [0, 0.1) is 5.41 Å². The SMILES string of the molecule is COc1ccc(C(CN)N2CCCC(C)(C)C2)cc1OC. The highest BCUT2D eigenvalue weighted by atomic mass is 16.5. The Morgan fingerprint density at radius 2 is 1.95 bits per heavy atom. The second-order valence-corrected chi connectivity index (χ2v) is 6.60. The normalized spacial score (nSPS) is 20.0. The van der Waals surface area contributed by atoms with Gasteiger partial charge in [0.25, 0.3) is 0 Å². The summed E-state index contributed by atoms with van der Waals surface area (Å²) in [6, 6.07) is 6.36. The minimum absolute atomic E-state index is 0.240. The summed E-state index contributed by atoms with van der Waals surface area (Å²) < 4.78 is 10.7. The molecule has 1 fully saturated rings. The lowest BCUT2D eigenvalue weighted by atomic mass is 9.83. The first-order valence-electron chi connectivity index (χ1n) is 7.67. The Kier molecular flexibility index (Phi) is 5.12. The van der Waals surface area contributed by atoms with Crippen LogP contribution in [-0.4, -0.2) is 38.8 Å². The highest BCUT2D eigenvalue weighted by Crippen LogP contribution is 2.36. The van der Waals surface area contributed by atoms with Crippen molar-refractivity contribution in [3.05, 3.63) is 23.8 Å². The number of rotatable bonds is 5. The molecule has 0 saturated carbocycles. The van der Waals surface area contributed by atoms with Crippen molar-refractivity contribution in [2.75, 3.05) is 33.9 Å². The monoisotopic (exact) mass is 292 g/mol. The predicted molar refractivity (Wildman–Crippen MR) is 85.9 cm³/mol. The Morgan fingerprint density at radius 1 is 1.24 bits per heavy atom. The van der Waals surface area contributed by atoms with Crippen LogP contribution in [0.3, 0.4) is 0 Å². The average molecular weight is 292 g/mol. The summed E-state index contributed by atoms with van der Waals surface area (Å²) in [5.74, 6) is 1.53. The first-order valence-corrected chi connectivity index (χ1v) is 7.67. The van der Waals surface area contributed by atoms with Gasteiger partial charge in [0.15, 0.2) is 11.5 Å².